The van der Waals surface area contributed by atoms with Crippen molar-refractivity contribution in [2.24, 2.45) is 11.5 Å². The van der Waals surface area contributed by atoms with Gasteiger partial charge in [0, 0.05) is 25.9 Å². The Kier molecular flexibility index (Phi) is 13.2. The molecule has 0 saturated carbocycles. The van der Waals surface area contributed by atoms with Gasteiger partial charge in [0.05, 0.1) is 0 Å². The zero-order valence-electron chi connectivity index (χ0n) is 8.44. The highest BCUT2D eigenvalue weighted by Crippen LogP contribution is 1.84. The van der Waals surface area contributed by atoms with Gasteiger partial charge in [0.15, 0.2) is 0 Å². The predicted octanol–water partition coefficient (Wildman–Crippen LogP) is 0.433. The first-order valence-electron chi connectivity index (χ1n) is 3.36. The monoisotopic (exact) mass is 295 g/mol. The van der Waals surface area contributed by atoms with Gasteiger partial charge in [-0.2, -0.15) is 0 Å². The smallest absolute Gasteiger partial charge is 0.349 e. The summed E-state index contributed by atoms with van der Waals surface area (Å²) in [6.07, 6.45) is 0. The van der Waals surface area contributed by atoms with Gasteiger partial charge in [-0.25, -0.2) is 15.0 Å². The molecular formula is C5H12Cl3N5O3. The molecule has 0 bridgehead atoms. The quantitative estimate of drug-likeness (QED) is 0.260. The molecule has 0 aromatic rings. The molecular weight excluding hydrogens is 284 g/mol. The van der Waals surface area contributed by atoms with E-state index in [0.29, 0.717) is 0 Å². The van der Waals surface area contributed by atoms with E-state index >= 15 is 0 Å². The van der Waals surface area contributed by atoms with Gasteiger partial charge in [0.25, 0.3) is 0 Å². The Morgan fingerprint density at radius 3 is 1.56 bits per heavy atom. The third kappa shape index (κ3) is 15.4. The van der Waals surface area contributed by atoms with Gasteiger partial charge >= 0.3 is 17.4 Å². The lowest BCUT2D eigenvalue weighted by atomic mass is 11.0. The molecule has 8 nitrogen and oxygen atoms in total. The van der Waals surface area contributed by atoms with Crippen molar-refractivity contribution in [1.29, 1.82) is 0 Å². The largest absolute Gasteiger partial charge is 0.350 e. The number of hydrogen-bond acceptors (Lipinski definition) is 3. The first-order chi connectivity index (χ1) is 6.68. The van der Waals surface area contributed by atoms with Crippen molar-refractivity contribution < 1.29 is 14.4 Å². The van der Waals surface area contributed by atoms with Gasteiger partial charge < -0.3 is 16.4 Å². The van der Waals surface area contributed by atoms with Crippen LogP contribution in [0.2, 0.25) is 0 Å². The number of urea groups is 2. The second-order valence-corrected chi connectivity index (χ2v) is 2.90. The van der Waals surface area contributed by atoms with Crippen LogP contribution in [0.5, 0.6) is 0 Å². The van der Waals surface area contributed by atoms with Crippen molar-refractivity contribution in [2.75, 3.05) is 14.1 Å². The van der Waals surface area contributed by atoms with Crippen molar-refractivity contribution >= 4 is 53.2 Å². The maximum absolute atomic E-state index is 9.98. The summed E-state index contributed by atoms with van der Waals surface area (Å²) in [5.74, 6) is 0. The van der Waals surface area contributed by atoms with Crippen LogP contribution < -0.4 is 16.9 Å². The molecule has 0 saturated heterocycles. The molecule has 0 unspecified atom stereocenters. The molecule has 0 aliphatic rings. The maximum Gasteiger partial charge on any atom is 0.349 e. The number of nitrogens with one attached hydrogen (secondary N) is 1. The lowest BCUT2D eigenvalue weighted by molar-refractivity contribution is 0.212. The topological polar surface area (TPSA) is 122 Å². The van der Waals surface area contributed by atoms with E-state index in [0.717, 1.165) is 0 Å². The van der Waals surface area contributed by atoms with Gasteiger partial charge in [0.2, 0.25) is 0 Å². The molecule has 0 fully saturated rings. The van der Waals surface area contributed by atoms with Crippen molar-refractivity contribution in [2.45, 2.75) is 0 Å². The number of primary amides is 2. The highest BCUT2D eigenvalue weighted by molar-refractivity contribution is 6.62. The summed E-state index contributed by atoms with van der Waals surface area (Å²) in [6, 6.07) is -1.96. The van der Waals surface area contributed by atoms with Crippen LogP contribution in [0.1, 0.15) is 0 Å². The van der Waals surface area contributed by atoms with Gasteiger partial charge in [-0.15, -0.1) is 16.9 Å². The number of hydrogen-bond donors (Lipinski definition) is 3. The number of halogens is 3. The van der Waals surface area contributed by atoms with Crippen LogP contribution in [0.15, 0.2) is 0 Å². The van der Waals surface area contributed by atoms with Crippen molar-refractivity contribution in [1.82, 2.24) is 14.9 Å². The lowest BCUT2D eigenvalue weighted by Gasteiger charge is -2.08. The Labute approximate surface area is 108 Å². The Bertz CT molecular complexity index is 249. The van der Waals surface area contributed by atoms with Crippen LogP contribution in [0.4, 0.5) is 14.4 Å². The number of nitrogens with zero attached hydrogens (tertiary/aromatic N) is 2. The van der Waals surface area contributed by atoms with Crippen LogP contribution in [-0.4, -0.2) is 41.0 Å². The molecule has 0 spiro atoms. The van der Waals surface area contributed by atoms with E-state index in [9.17, 15) is 14.4 Å². The van der Waals surface area contributed by atoms with E-state index < -0.39 is 17.4 Å². The molecule has 0 aliphatic heterocycles. The van der Waals surface area contributed by atoms with Crippen molar-refractivity contribution in [3.8, 4) is 0 Å². The average Bonchev–Trinajstić information content (AvgIpc) is 2.03. The maximum atomic E-state index is 9.98. The zero-order chi connectivity index (χ0) is 12.6. The molecule has 0 heterocycles. The Morgan fingerprint density at radius 2 is 1.50 bits per heavy atom. The summed E-state index contributed by atoms with van der Waals surface area (Å²) in [5, 5.41) is -0.435. The molecule has 11 heteroatoms. The summed E-state index contributed by atoms with van der Waals surface area (Å²) in [4.78, 5) is 31.0. The van der Waals surface area contributed by atoms with E-state index in [1.165, 1.54) is 4.90 Å². The minimum atomic E-state index is -1.00. The van der Waals surface area contributed by atoms with E-state index in [2.05, 4.69) is 11.5 Å². The molecule has 0 atom stereocenters. The summed E-state index contributed by atoms with van der Waals surface area (Å²) in [7, 11) is 3.19. The first-order valence-corrected chi connectivity index (χ1v) is 4.08. The fraction of sp³-hybridized carbons (Fsp3) is 0.400. The predicted molar refractivity (Wildman–Crippen MR) is 62.2 cm³/mol. The molecule has 16 heavy (non-hydrogen) atoms. The minimum absolute atomic E-state index is 0. The van der Waals surface area contributed by atoms with E-state index in [1.54, 1.807) is 19.5 Å². The third-order valence-electron chi connectivity index (χ3n) is 0.753. The molecule has 0 aromatic carbocycles. The van der Waals surface area contributed by atoms with Crippen molar-refractivity contribution in [3.63, 3.8) is 0 Å². The average molecular weight is 297 g/mol. The van der Waals surface area contributed by atoms with Crippen molar-refractivity contribution in [3.05, 3.63) is 0 Å². The summed E-state index contributed by atoms with van der Waals surface area (Å²) in [5.41, 5.74) is 10.8. The fourth-order valence-electron chi connectivity index (χ4n) is 0.152. The van der Waals surface area contributed by atoms with E-state index in [1.807, 2.05) is 0 Å². The number of rotatable bonds is 0. The zero-order valence-corrected chi connectivity index (χ0v) is 10.8. The molecule has 0 aliphatic carbocycles. The molecule has 5 amide bonds. The molecule has 0 aromatic heterocycles. The number of carbonyl (C=O) groups is 3. The lowest BCUT2D eigenvalue weighted by Crippen LogP contribution is -2.44. The normalized spacial score (nSPS) is 7.50. The summed E-state index contributed by atoms with van der Waals surface area (Å²) < 4.78 is 0.252. The van der Waals surface area contributed by atoms with Gasteiger partial charge in [0.1, 0.15) is 0 Å². The molecule has 0 rings (SSSR count). The van der Waals surface area contributed by atoms with Gasteiger partial charge in [-0.3, -0.25) is 4.79 Å². The first kappa shape index (κ1) is 20.3. The Hall–Kier alpha value is -1.12. The third-order valence-corrected chi connectivity index (χ3v) is 1.34. The standard InChI is InChI=1S/C3H6ClNO.C2H5ClN4O2.ClH/c1-5(2)3(4)6;3-7(2(5)9)6-1(4)8;/h1-2H3;(H2,5,9)(H3,4,6,8);1H. The van der Waals surface area contributed by atoms with E-state index in [4.69, 9.17) is 23.4 Å². The number of nitrogens with two attached hydrogens (primary N) is 2. The number of hydrazine groups is 1. The van der Waals surface area contributed by atoms with Gasteiger partial charge in [-0.1, -0.05) is 0 Å². The molecule has 0 radical (unpaired) electrons. The Morgan fingerprint density at radius 1 is 1.19 bits per heavy atom. The molecule has 5 N–H and O–H groups in total. The summed E-state index contributed by atoms with van der Waals surface area (Å²) >= 11 is 9.86. The van der Waals surface area contributed by atoms with Gasteiger partial charge in [-0.05, 0) is 11.6 Å². The van der Waals surface area contributed by atoms with Crippen LogP contribution in [0.25, 0.3) is 0 Å². The van der Waals surface area contributed by atoms with E-state index in [-0.39, 0.29) is 16.9 Å². The second kappa shape index (κ2) is 10.4. The highest BCUT2D eigenvalue weighted by Gasteiger charge is 2.05. The van der Waals surface area contributed by atoms with Crippen LogP contribution >= 0.6 is 35.8 Å². The SMILES string of the molecule is CN(C)C(=O)Cl.Cl.NC(=O)NN(Cl)C(N)=O. The summed E-state index contributed by atoms with van der Waals surface area (Å²) in [6.45, 7) is 0. The Balaban J connectivity index is -0.000000214. The number of amides is 5. The molecule has 96 valence electrons. The van der Waals surface area contributed by atoms with Crippen LogP contribution in [0, 0.1) is 0 Å². The number of carbonyl (C=O) groups excluding carboxylic acids is 3. The van der Waals surface area contributed by atoms with Crippen LogP contribution in [-0.2, 0) is 0 Å². The minimum Gasteiger partial charge on any atom is -0.350 e. The second-order valence-electron chi connectivity index (χ2n) is 2.24. The fourth-order valence-corrected chi connectivity index (χ4v) is 0.235. The van der Waals surface area contributed by atoms with Crippen LogP contribution in [0.3, 0.4) is 0 Å². The highest BCUT2D eigenvalue weighted by atomic mass is 35.5.